The first-order valence-corrected chi connectivity index (χ1v) is 8.24. The van der Waals surface area contributed by atoms with Crippen LogP contribution in [0.3, 0.4) is 0 Å². The number of nitrogens with zero attached hydrogens (tertiary/aromatic N) is 3. The average molecular weight is 342 g/mol. The van der Waals surface area contributed by atoms with Crippen LogP contribution in [0, 0.1) is 0 Å². The molecule has 3 aromatic rings. The number of ether oxygens (including phenoxy) is 1. The molecule has 3 aromatic heterocycles. The van der Waals surface area contributed by atoms with Gasteiger partial charge in [0.2, 0.25) is 5.76 Å². The first-order valence-electron chi connectivity index (χ1n) is 8.24. The van der Waals surface area contributed by atoms with Crippen LogP contribution in [0.4, 0.5) is 5.69 Å². The van der Waals surface area contributed by atoms with Crippen LogP contribution in [0.2, 0.25) is 0 Å². The molecule has 8 nitrogen and oxygen atoms in total. The molecule has 1 saturated heterocycles. The lowest BCUT2D eigenvalue weighted by atomic mass is 10.1. The number of amides is 1. The van der Waals surface area contributed by atoms with Crippen molar-refractivity contribution in [3.8, 4) is 11.5 Å². The molecule has 4 heterocycles. The van der Waals surface area contributed by atoms with Gasteiger partial charge in [-0.3, -0.25) is 9.48 Å². The molecule has 130 valence electrons. The van der Waals surface area contributed by atoms with Crippen LogP contribution in [-0.4, -0.2) is 33.6 Å². The fourth-order valence-electron chi connectivity index (χ4n) is 2.80. The highest BCUT2D eigenvalue weighted by molar-refractivity contribution is 6.03. The molecule has 0 bridgehead atoms. The van der Waals surface area contributed by atoms with E-state index in [9.17, 15) is 4.79 Å². The fourth-order valence-corrected chi connectivity index (χ4v) is 2.80. The van der Waals surface area contributed by atoms with Crippen molar-refractivity contribution >= 4 is 11.6 Å². The first-order chi connectivity index (χ1) is 12.3. The lowest BCUT2D eigenvalue weighted by molar-refractivity contribution is 0.00400. The van der Waals surface area contributed by atoms with Gasteiger partial charge in [0.1, 0.15) is 0 Å². The van der Waals surface area contributed by atoms with Crippen molar-refractivity contribution < 1.29 is 18.5 Å². The van der Waals surface area contributed by atoms with Crippen molar-refractivity contribution in [3.63, 3.8) is 0 Å². The lowest BCUT2D eigenvalue weighted by Gasteiger charge is -2.22. The van der Waals surface area contributed by atoms with Crippen LogP contribution >= 0.6 is 0 Å². The van der Waals surface area contributed by atoms with Gasteiger partial charge in [-0.15, -0.1) is 0 Å². The van der Waals surface area contributed by atoms with E-state index in [1.807, 2.05) is 0 Å². The van der Waals surface area contributed by atoms with Gasteiger partial charge < -0.3 is 19.0 Å². The maximum Gasteiger partial charge on any atom is 0.277 e. The van der Waals surface area contributed by atoms with E-state index in [2.05, 4.69) is 15.6 Å². The molecule has 1 fully saturated rings. The molecule has 0 aliphatic carbocycles. The van der Waals surface area contributed by atoms with E-state index < -0.39 is 0 Å². The Labute approximate surface area is 143 Å². The van der Waals surface area contributed by atoms with E-state index in [-0.39, 0.29) is 17.7 Å². The summed E-state index contributed by atoms with van der Waals surface area (Å²) >= 11 is 0. The summed E-state index contributed by atoms with van der Waals surface area (Å²) in [4.78, 5) is 12.3. The Bertz CT molecular complexity index is 831. The summed E-state index contributed by atoms with van der Waals surface area (Å²) in [6.07, 6.45) is 8.44. The molecule has 1 unspecified atom stereocenters. The largest absolute Gasteiger partial charge is 0.461 e. The average Bonchev–Trinajstić information content (AvgIpc) is 3.37. The van der Waals surface area contributed by atoms with Crippen LogP contribution in [0.15, 0.2) is 45.8 Å². The van der Waals surface area contributed by atoms with E-state index in [0.717, 1.165) is 19.4 Å². The molecule has 4 rings (SSSR count). The van der Waals surface area contributed by atoms with Crippen LogP contribution in [0.25, 0.3) is 11.5 Å². The van der Waals surface area contributed by atoms with Gasteiger partial charge in [-0.05, 0) is 31.4 Å². The third-order valence-corrected chi connectivity index (χ3v) is 4.06. The summed E-state index contributed by atoms with van der Waals surface area (Å²) in [5.74, 6) is 0.558. The van der Waals surface area contributed by atoms with Gasteiger partial charge in [0, 0.05) is 18.9 Å². The zero-order chi connectivity index (χ0) is 17.1. The number of anilines is 1. The van der Waals surface area contributed by atoms with Crippen molar-refractivity contribution in [2.75, 3.05) is 11.9 Å². The quantitative estimate of drug-likeness (QED) is 0.766. The van der Waals surface area contributed by atoms with Gasteiger partial charge in [0.25, 0.3) is 5.91 Å². The van der Waals surface area contributed by atoms with Crippen LogP contribution in [0.5, 0.6) is 0 Å². The molecule has 0 aromatic carbocycles. The second-order valence-electron chi connectivity index (χ2n) is 5.95. The Morgan fingerprint density at radius 3 is 3.12 bits per heavy atom. The van der Waals surface area contributed by atoms with Crippen molar-refractivity contribution in [1.82, 2.24) is 14.9 Å². The van der Waals surface area contributed by atoms with E-state index >= 15 is 0 Å². The number of rotatable bonds is 5. The summed E-state index contributed by atoms with van der Waals surface area (Å²) in [6.45, 7) is 1.49. The zero-order valence-electron chi connectivity index (χ0n) is 13.6. The van der Waals surface area contributed by atoms with Gasteiger partial charge in [-0.1, -0.05) is 5.16 Å². The predicted molar refractivity (Wildman–Crippen MR) is 88.0 cm³/mol. The molecule has 0 spiro atoms. The molecule has 1 amide bonds. The minimum atomic E-state index is -0.366. The van der Waals surface area contributed by atoms with Crippen molar-refractivity contribution in [2.45, 2.75) is 31.9 Å². The Kier molecular flexibility index (Phi) is 4.34. The maximum absolute atomic E-state index is 12.3. The number of hydrogen-bond donors (Lipinski definition) is 1. The van der Waals surface area contributed by atoms with E-state index in [1.165, 1.54) is 18.8 Å². The number of hydrogen-bond acceptors (Lipinski definition) is 6. The van der Waals surface area contributed by atoms with Crippen LogP contribution in [0.1, 0.15) is 29.8 Å². The van der Waals surface area contributed by atoms with Gasteiger partial charge in [-0.2, -0.15) is 5.10 Å². The standard InChI is InChI=1S/C17H18N4O4/c22-17(14-8-16(25-20-14)15-5-3-7-24-15)19-12-9-18-21(10-12)11-13-4-1-2-6-23-13/h3,5,7-10,13H,1-2,4,6,11H2,(H,19,22). The summed E-state index contributed by atoms with van der Waals surface area (Å²) in [5, 5.41) is 10.8. The second-order valence-corrected chi connectivity index (χ2v) is 5.95. The van der Waals surface area contributed by atoms with Gasteiger partial charge in [0.15, 0.2) is 11.5 Å². The molecule has 1 atom stereocenters. The smallest absolute Gasteiger partial charge is 0.277 e. The molecule has 1 aliphatic rings. The third kappa shape index (κ3) is 3.63. The molecule has 0 radical (unpaired) electrons. The molecular weight excluding hydrogens is 324 g/mol. The Morgan fingerprint density at radius 1 is 1.36 bits per heavy atom. The van der Waals surface area contributed by atoms with E-state index in [1.54, 1.807) is 29.2 Å². The SMILES string of the molecule is O=C(Nc1cnn(CC2CCCCO2)c1)c1cc(-c2ccco2)on1. The molecule has 1 N–H and O–H groups in total. The number of aromatic nitrogens is 3. The lowest BCUT2D eigenvalue weighted by Crippen LogP contribution is -2.24. The first kappa shape index (κ1) is 15.6. The maximum atomic E-state index is 12.3. The normalized spacial score (nSPS) is 17.5. The van der Waals surface area contributed by atoms with Gasteiger partial charge >= 0.3 is 0 Å². The molecule has 8 heteroatoms. The van der Waals surface area contributed by atoms with Gasteiger partial charge in [-0.25, -0.2) is 0 Å². The minimum absolute atomic E-state index is 0.176. The molecule has 1 aliphatic heterocycles. The van der Waals surface area contributed by atoms with E-state index in [4.69, 9.17) is 13.7 Å². The van der Waals surface area contributed by atoms with E-state index in [0.29, 0.717) is 23.8 Å². The second kappa shape index (κ2) is 6.94. The number of carbonyl (C=O) groups excluding carboxylic acids is 1. The molecule has 0 saturated carbocycles. The fraction of sp³-hybridized carbons (Fsp3) is 0.353. The predicted octanol–water partition coefficient (Wildman–Crippen LogP) is 2.95. The molecule has 25 heavy (non-hydrogen) atoms. The van der Waals surface area contributed by atoms with Gasteiger partial charge in [0.05, 0.1) is 30.8 Å². The summed E-state index contributed by atoms with van der Waals surface area (Å²) in [5.41, 5.74) is 0.776. The highest BCUT2D eigenvalue weighted by Crippen LogP contribution is 2.21. The Morgan fingerprint density at radius 2 is 2.32 bits per heavy atom. The highest BCUT2D eigenvalue weighted by Gasteiger charge is 2.17. The Balaban J connectivity index is 1.38. The monoisotopic (exact) mass is 342 g/mol. The van der Waals surface area contributed by atoms with Crippen LogP contribution < -0.4 is 5.32 Å². The number of furan rings is 1. The van der Waals surface area contributed by atoms with Crippen LogP contribution in [-0.2, 0) is 11.3 Å². The summed E-state index contributed by atoms with van der Waals surface area (Å²) in [7, 11) is 0. The summed E-state index contributed by atoms with van der Waals surface area (Å²) in [6, 6.07) is 5.01. The number of nitrogens with one attached hydrogen (secondary N) is 1. The highest BCUT2D eigenvalue weighted by atomic mass is 16.5. The Hall–Kier alpha value is -2.87. The van der Waals surface area contributed by atoms with Crippen molar-refractivity contribution in [1.29, 1.82) is 0 Å². The third-order valence-electron chi connectivity index (χ3n) is 4.06. The minimum Gasteiger partial charge on any atom is -0.461 e. The zero-order valence-corrected chi connectivity index (χ0v) is 13.6. The topological polar surface area (TPSA) is 95.3 Å². The summed E-state index contributed by atoms with van der Waals surface area (Å²) < 4.78 is 17.8. The number of carbonyl (C=O) groups is 1. The van der Waals surface area contributed by atoms with Crippen molar-refractivity contribution in [3.05, 3.63) is 42.5 Å². The molecular formula is C17H18N4O4. The van der Waals surface area contributed by atoms with Crippen molar-refractivity contribution in [2.24, 2.45) is 0 Å².